The first kappa shape index (κ1) is 28.2. The highest BCUT2D eigenvalue weighted by Gasteiger charge is 2.27. The zero-order valence-corrected chi connectivity index (χ0v) is 21.6. The summed E-state index contributed by atoms with van der Waals surface area (Å²) in [5.41, 5.74) is 5.01. The smallest absolute Gasteiger partial charge is 0.119 e. The van der Waals surface area contributed by atoms with Crippen molar-refractivity contribution in [2.24, 2.45) is 0 Å². The fourth-order valence-electron chi connectivity index (χ4n) is 4.65. The van der Waals surface area contributed by atoms with Crippen LogP contribution in [0.5, 0.6) is 5.75 Å². The van der Waals surface area contributed by atoms with Crippen LogP contribution in [0.15, 0.2) is 78.9 Å². The summed E-state index contributed by atoms with van der Waals surface area (Å²) in [5, 5.41) is 10.6. The van der Waals surface area contributed by atoms with E-state index in [9.17, 15) is 5.11 Å². The molecular weight excluding hydrogens is 467 g/mol. The van der Waals surface area contributed by atoms with E-state index in [0.29, 0.717) is 13.2 Å². The molecule has 0 aliphatic carbocycles. The van der Waals surface area contributed by atoms with Gasteiger partial charge in [-0.05, 0) is 48.2 Å². The number of benzene rings is 3. The molecule has 34 heavy (non-hydrogen) atoms. The highest BCUT2D eigenvalue weighted by Crippen LogP contribution is 2.29. The van der Waals surface area contributed by atoms with Gasteiger partial charge in [-0.15, -0.1) is 24.8 Å². The monoisotopic (exact) mass is 502 g/mol. The molecule has 1 saturated heterocycles. The maximum Gasteiger partial charge on any atom is 0.119 e. The predicted molar refractivity (Wildman–Crippen MR) is 145 cm³/mol. The summed E-state index contributed by atoms with van der Waals surface area (Å²) < 4.78 is 5.86. The largest absolute Gasteiger partial charge is 0.491 e. The summed E-state index contributed by atoms with van der Waals surface area (Å²) in [4.78, 5) is 4.90. The standard InChI is InChI=1S/C28H34N2O2.2ClH/c1-22-17-23(2)19-27(18-22)32-21-26(31)20-29-13-15-30(16-14-29)28(24-9-5-3-6-10-24)25-11-7-4-8-12-25;;/h3-12,17-19,26,28,31H,13-16,20-21H2,1-2H3;2*1H. The number of nitrogens with zero attached hydrogens (tertiary/aromatic N) is 2. The van der Waals surface area contributed by atoms with Crippen LogP contribution in [0.3, 0.4) is 0 Å². The Morgan fingerprint density at radius 2 is 1.26 bits per heavy atom. The number of hydrogen-bond donors (Lipinski definition) is 1. The van der Waals surface area contributed by atoms with Crippen LogP contribution < -0.4 is 4.74 Å². The molecule has 1 unspecified atom stereocenters. The Hall–Kier alpha value is -2.08. The van der Waals surface area contributed by atoms with Crippen molar-refractivity contribution in [1.82, 2.24) is 9.80 Å². The van der Waals surface area contributed by atoms with Crippen LogP contribution in [0.2, 0.25) is 0 Å². The van der Waals surface area contributed by atoms with Crippen molar-refractivity contribution in [1.29, 1.82) is 0 Å². The number of aryl methyl sites for hydroxylation is 2. The molecule has 0 bridgehead atoms. The van der Waals surface area contributed by atoms with E-state index in [-0.39, 0.29) is 30.9 Å². The SMILES string of the molecule is Cc1cc(C)cc(OCC(O)CN2CCN(C(c3ccccc3)c3ccccc3)CC2)c1.Cl.Cl. The number of hydrogen-bond acceptors (Lipinski definition) is 4. The summed E-state index contributed by atoms with van der Waals surface area (Å²) in [7, 11) is 0. The van der Waals surface area contributed by atoms with Crippen LogP contribution in [-0.2, 0) is 0 Å². The molecule has 1 N–H and O–H groups in total. The first-order valence-corrected chi connectivity index (χ1v) is 11.5. The summed E-state index contributed by atoms with van der Waals surface area (Å²) >= 11 is 0. The minimum Gasteiger partial charge on any atom is -0.491 e. The van der Waals surface area contributed by atoms with Gasteiger partial charge in [0.2, 0.25) is 0 Å². The van der Waals surface area contributed by atoms with Crippen LogP contribution in [0, 0.1) is 13.8 Å². The summed E-state index contributed by atoms with van der Waals surface area (Å²) in [6, 6.07) is 27.9. The van der Waals surface area contributed by atoms with Gasteiger partial charge in [-0.2, -0.15) is 0 Å². The van der Waals surface area contributed by atoms with Gasteiger partial charge in [0.15, 0.2) is 0 Å². The molecule has 1 fully saturated rings. The zero-order chi connectivity index (χ0) is 22.3. The van der Waals surface area contributed by atoms with Gasteiger partial charge in [0.05, 0.1) is 6.04 Å². The zero-order valence-electron chi connectivity index (χ0n) is 20.0. The van der Waals surface area contributed by atoms with Crippen molar-refractivity contribution in [2.75, 3.05) is 39.3 Å². The van der Waals surface area contributed by atoms with Gasteiger partial charge < -0.3 is 9.84 Å². The maximum atomic E-state index is 10.6. The molecule has 0 saturated carbocycles. The first-order chi connectivity index (χ1) is 15.6. The Kier molecular flexibility index (Phi) is 11.4. The number of ether oxygens (including phenoxy) is 1. The van der Waals surface area contributed by atoms with Crippen molar-refractivity contribution in [2.45, 2.75) is 26.0 Å². The van der Waals surface area contributed by atoms with Crippen LogP contribution in [0.1, 0.15) is 28.3 Å². The van der Waals surface area contributed by atoms with Crippen LogP contribution in [0.4, 0.5) is 0 Å². The van der Waals surface area contributed by atoms with Gasteiger partial charge in [0, 0.05) is 32.7 Å². The maximum absolute atomic E-state index is 10.6. The van der Waals surface area contributed by atoms with Gasteiger partial charge in [-0.1, -0.05) is 66.7 Å². The number of β-amino-alcohol motifs (C(OH)–C–C–N with tert-alkyl or cyclic N) is 1. The molecule has 1 atom stereocenters. The van der Waals surface area contributed by atoms with E-state index >= 15 is 0 Å². The van der Waals surface area contributed by atoms with Crippen LogP contribution >= 0.6 is 24.8 Å². The third kappa shape index (κ3) is 7.72. The molecule has 0 aromatic heterocycles. The molecular formula is C28H36Cl2N2O2. The van der Waals surface area contributed by atoms with Crippen molar-refractivity contribution in [3.05, 3.63) is 101 Å². The highest BCUT2D eigenvalue weighted by molar-refractivity contribution is 5.85. The second kappa shape index (κ2) is 13.7. The second-order valence-corrected chi connectivity index (χ2v) is 8.85. The van der Waals surface area contributed by atoms with Crippen molar-refractivity contribution < 1.29 is 9.84 Å². The lowest BCUT2D eigenvalue weighted by molar-refractivity contribution is 0.0400. The number of aliphatic hydroxyl groups excluding tert-OH is 1. The summed E-state index contributed by atoms with van der Waals surface area (Å²) in [6.07, 6.45) is -0.499. The van der Waals surface area contributed by atoms with E-state index in [4.69, 9.17) is 4.74 Å². The van der Waals surface area contributed by atoms with E-state index in [2.05, 4.69) is 90.4 Å². The second-order valence-electron chi connectivity index (χ2n) is 8.85. The molecule has 4 nitrogen and oxygen atoms in total. The highest BCUT2D eigenvalue weighted by atomic mass is 35.5. The molecule has 3 aromatic carbocycles. The quantitative estimate of drug-likeness (QED) is 0.453. The average Bonchev–Trinajstić information content (AvgIpc) is 2.80. The van der Waals surface area contributed by atoms with Gasteiger partial charge in [-0.25, -0.2) is 0 Å². The molecule has 184 valence electrons. The van der Waals surface area contributed by atoms with Gasteiger partial charge >= 0.3 is 0 Å². The molecule has 0 amide bonds. The van der Waals surface area contributed by atoms with E-state index in [1.165, 1.54) is 22.3 Å². The summed E-state index contributed by atoms with van der Waals surface area (Å²) in [6.45, 7) is 8.91. The topological polar surface area (TPSA) is 35.9 Å². The minimum atomic E-state index is -0.499. The van der Waals surface area contributed by atoms with E-state index < -0.39 is 6.10 Å². The molecule has 1 heterocycles. The number of aliphatic hydroxyl groups is 1. The average molecular weight is 504 g/mol. The Bertz CT molecular complexity index is 920. The molecule has 1 aliphatic rings. The number of piperazine rings is 1. The fourth-order valence-corrected chi connectivity index (χ4v) is 4.65. The predicted octanol–water partition coefficient (Wildman–Crippen LogP) is 5.29. The lowest BCUT2D eigenvalue weighted by Gasteiger charge is -2.40. The molecule has 0 spiro atoms. The van der Waals surface area contributed by atoms with Crippen molar-refractivity contribution in [3.63, 3.8) is 0 Å². The van der Waals surface area contributed by atoms with Gasteiger partial charge in [0.1, 0.15) is 18.5 Å². The normalized spacial score (nSPS) is 15.3. The van der Waals surface area contributed by atoms with E-state index in [1.54, 1.807) is 0 Å². The molecule has 1 aliphatic heterocycles. The first-order valence-electron chi connectivity index (χ1n) is 11.5. The van der Waals surface area contributed by atoms with E-state index in [1.807, 2.05) is 12.1 Å². The number of rotatable bonds is 8. The molecule has 6 heteroatoms. The number of halogens is 2. The van der Waals surface area contributed by atoms with E-state index in [0.717, 1.165) is 31.9 Å². The minimum absolute atomic E-state index is 0. The molecule has 4 rings (SSSR count). The van der Waals surface area contributed by atoms with Gasteiger partial charge in [-0.3, -0.25) is 9.80 Å². The van der Waals surface area contributed by atoms with Crippen LogP contribution in [0.25, 0.3) is 0 Å². The third-order valence-electron chi connectivity index (χ3n) is 6.11. The Morgan fingerprint density at radius 3 is 1.76 bits per heavy atom. The third-order valence-corrected chi connectivity index (χ3v) is 6.11. The van der Waals surface area contributed by atoms with Gasteiger partial charge in [0.25, 0.3) is 0 Å². The lowest BCUT2D eigenvalue weighted by atomic mass is 9.96. The fraction of sp³-hybridized carbons (Fsp3) is 0.357. The molecule has 0 radical (unpaired) electrons. The van der Waals surface area contributed by atoms with Crippen LogP contribution in [-0.4, -0.2) is 60.3 Å². The summed E-state index contributed by atoms with van der Waals surface area (Å²) in [5.74, 6) is 0.833. The van der Waals surface area contributed by atoms with Crippen molar-refractivity contribution >= 4 is 24.8 Å². The molecule has 3 aromatic rings. The Labute approximate surface area is 216 Å². The lowest BCUT2D eigenvalue weighted by Crippen LogP contribution is -2.50. The Morgan fingerprint density at radius 1 is 0.765 bits per heavy atom. The Balaban J connectivity index is 0.00000204. The van der Waals surface area contributed by atoms with Crippen molar-refractivity contribution in [3.8, 4) is 5.75 Å².